The van der Waals surface area contributed by atoms with Crippen molar-refractivity contribution in [2.45, 2.75) is 40.7 Å². The summed E-state index contributed by atoms with van der Waals surface area (Å²) in [6, 6.07) is 0.422. The Bertz CT molecular complexity index is 191. The molecule has 0 aliphatic carbocycles. The summed E-state index contributed by atoms with van der Waals surface area (Å²) in [6.07, 6.45) is 1.75. The third-order valence-electron chi connectivity index (χ3n) is 1.15. The first-order valence-electron chi connectivity index (χ1n) is 4.08. The fraction of sp³-hybridized carbons (Fsp3) is 0.750. The quantitative estimate of drug-likeness (QED) is 0.622. The Kier molecular flexibility index (Phi) is 4.50. The molecule has 0 atom stereocenters. The molecule has 1 aromatic rings. The molecule has 0 aliphatic rings. The van der Waals surface area contributed by atoms with Gasteiger partial charge in [0, 0.05) is 6.04 Å². The summed E-state index contributed by atoms with van der Waals surface area (Å²) in [6.45, 7) is 10.0. The van der Waals surface area contributed by atoms with E-state index in [0.29, 0.717) is 6.04 Å². The molecule has 0 amide bonds. The van der Waals surface area contributed by atoms with Gasteiger partial charge in [0.2, 0.25) is 0 Å². The summed E-state index contributed by atoms with van der Waals surface area (Å²) in [5.41, 5.74) is 0. The van der Waals surface area contributed by atoms with Crippen LogP contribution in [0.5, 0.6) is 0 Å². The van der Waals surface area contributed by atoms with E-state index in [1.165, 1.54) is 0 Å². The van der Waals surface area contributed by atoms with Crippen molar-refractivity contribution in [3.8, 4) is 0 Å². The molecule has 0 bridgehead atoms. The second kappa shape index (κ2) is 4.88. The lowest BCUT2D eigenvalue weighted by atomic mass is 10.4. The summed E-state index contributed by atoms with van der Waals surface area (Å²) < 4.78 is 1.84. The maximum atomic E-state index is 4.12. The van der Waals surface area contributed by atoms with E-state index in [2.05, 4.69) is 23.9 Å². The predicted molar refractivity (Wildman–Crippen MR) is 46.5 cm³/mol. The van der Waals surface area contributed by atoms with Gasteiger partial charge in [0.05, 0.1) is 0 Å². The van der Waals surface area contributed by atoms with Crippen molar-refractivity contribution in [2.24, 2.45) is 0 Å². The fourth-order valence-electron chi connectivity index (χ4n) is 0.610. The minimum atomic E-state index is 0.422. The van der Waals surface area contributed by atoms with Gasteiger partial charge < -0.3 is 0 Å². The van der Waals surface area contributed by atoms with Crippen LogP contribution in [0.3, 0.4) is 0 Å². The number of hydrogen-bond acceptors (Lipinski definition) is 2. The Balaban J connectivity index is 0.000000461. The molecule has 64 valence electrons. The third kappa shape index (κ3) is 3.16. The fourth-order valence-corrected chi connectivity index (χ4v) is 0.610. The molecule has 0 unspecified atom stereocenters. The lowest BCUT2D eigenvalue weighted by Crippen LogP contribution is -2.00. The van der Waals surface area contributed by atoms with Gasteiger partial charge in [-0.1, -0.05) is 13.8 Å². The molecule has 0 saturated carbocycles. The number of nitrogens with zero attached hydrogens (tertiary/aromatic N) is 3. The highest BCUT2D eigenvalue weighted by Gasteiger charge is 1.96. The van der Waals surface area contributed by atoms with Gasteiger partial charge in [0.25, 0.3) is 0 Å². The molecule has 0 fully saturated rings. The second-order valence-electron chi connectivity index (χ2n) is 2.37. The smallest absolute Gasteiger partial charge is 0.147 e. The van der Waals surface area contributed by atoms with Gasteiger partial charge >= 0.3 is 0 Å². The van der Waals surface area contributed by atoms with E-state index >= 15 is 0 Å². The van der Waals surface area contributed by atoms with Crippen LogP contribution in [0.25, 0.3) is 0 Å². The Labute approximate surface area is 68.5 Å². The number of rotatable bonds is 1. The van der Waals surface area contributed by atoms with E-state index in [4.69, 9.17) is 0 Å². The molecule has 0 spiro atoms. The van der Waals surface area contributed by atoms with Gasteiger partial charge in [0.1, 0.15) is 12.2 Å². The summed E-state index contributed by atoms with van der Waals surface area (Å²) in [7, 11) is 0. The molecule has 1 rings (SSSR count). The number of hydrogen-bond donors (Lipinski definition) is 0. The molecular weight excluding hydrogens is 138 g/mol. The second-order valence-corrected chi connectivity index (χ2v) is 2.37. The highest BCUT2D eigenvalue weighted by Crippen LogP contribution is 1.99. The Hall–Kier alpha value is -0.860. The molecule has 0 radical (unpaired) electrons. The average Bonchev–Trinajstić information content (AvgIpc) is 2.40. The Morgan fingerprint density at radius 3 is 2.09 bits per heavy atom. The van der Waals surface area contributed by atoms with Crippen LogP contribution in [0.4, 0.5) is 0 Å². The number of aromatic nitrogens is 3. The molecule has 3 nitrogen and oxygen atoms in total. The topological polar surface area (TPSA) is 30.7 Å². The number of aryl methyl sites for hydroxylation is 1. The van der Waals surface area contributed by atoms with Crippen LogP contribution in [0.15, 0.2) is 6.33 Å². The summed E-state index contributed by atoms with van der Waals surface area (Å²) in [4.78, 5) is 3.99. The molecule has 3 heteroatoms. The van der Waals surface area contributed by atoms with E-state index in [0.717, 1.165) is 5.82 Å². The maximum Gasteiger partial charge on any atom is 0.147 e. The normalized spacial score (nSPS) is 9.27. The average molecular weight is 155 g/mol. The molecule has 0 aliphatic heterocycles. The van der Waals surface area contributed by atoms with Gasteiger partial charge in [0.15, 0.2) is 0 Å². The van der Waals surface area contributed by atoms with E-state index in [1.54, 1.807) is 6.33 Å². The highest BCUT2D eigenvalue weighted by atomic mass is 15.3. The van der Waals surface area contributed by atoms with Crippen molar-refractivity contribution < 1.29 is 0 Å². The third-order valence-corrected chi connectivity index (χ3v) is 1.15. The van der Waals surface area contributed by atoms with Crippen molar-refractivity contribution >= 4 is 0 Å². The molecule has 1 aromatic heterocycles. The minimum absolute atomic E-state index is 0.422. The zero-order valence-electron chi connectivity index (χ0n) is 8.00. The first-order valence-corrected chi connectivity index (χ1v) is 4.08. The van der Waals surface area contributed by atoms with E-state index < -0.39 is 0 Å². The standard InChI is InChI=1S/C6H11N3.C2H6/c1-5(2)9-4-7-6(3)8-9;1-2/h4-5H,1-3H3;1-2H3. The van der Waals surface area contributed by atoms with Crippen molar-refractivity contribution in [2.75, 3.05) is 0 Å². The van der Waals surface area contributed by atoms with Crippen LogP contribution < -0.4 is 0 Å². The summed E-state index contributed by atoms with van der Waals surface area (Å²) in [5.74, 6) is 0.837. The molecule has 0 aromatic carbocycles. The van der Waals surface area contributed by atoms with Crippen molar-refractivity contribution in [1.82, 2.24) is 14.8 Å². The molecular formula is C8H17N3. The Morgan fingerprint density at radius 1 is 1.36 bits per heavy atom. The van der Waals surface area contributed by atoms with E-state index in [-0.39, 0.29) is 0 Å². The Morgan fingerprint density at radius 2 is 1.91 bits per heavy atom. The molecule has 11 heavy (non-hydrogen) atoms. The van der Waals surface area contributed by atoms with Gasteiger partial charge in [-0.05, 0) is 20.8 Å². The SMILES string of the molecule is CC.Cc1ncn(C(C)C)n1. The maximum absolute atomic E-state index is 4.12. The lowest BCUT2D eigenvalue weighted by Gasteiger charge is -2.00. The summed E-state index contributed by atoms with van der Waals surface area (Å²) >= 11 is 0. The van der Waals surface area contributed by atoms with Crippen LogP contribution in [0.2, 0.25) is 0 Å². The van der Waals surface area contributed by atoms with Crippen LogP contribution >= 0.6 is 0 Å². The zero-order valence-corrected chi connectivity index (χ0v) is 8.00. The van der Waals surface area contributed by atoms with Gasteiger partial charge in [-0.25, -0.2) is 4.98 Å². The van der Waals surface area contributed by atoms with Crippen LogP contribution in [0, 0.1) is 6.92 Å². The van der Waals surface area contributed by atoms with Crippen molar-refractivity contribution in [3.05, 3.63) is 12.2 Å². The largest absolute Gasteiger partial charge is 0.250 e. The van der Waals surface area contributed by atoms with Crippen LogP contribution in [0.1, 0.15) is 39.6 Å². The molecule has 0 saturated heterocycles. The monoisotopic (exact) mass is 155 g/mol. The molecule has 1 heterocycles. The minimum Gasteiger partial charge on any atom is -0.250 e. The van der Waals surface area contributed by atoms with Gasteiger partial charge in [-0.15, -0.1) is 0 Å². The van der Waals surface area contributed by atoms with E-state index in [1.807, 2.05) is 25.5 Å². The van der Waals surface area contributed by atoms with Crippen LogP contribution in [-0.4, -0.2) is 14.8 Å². The van der Waals surface area contributed by atoms with Crippen molar-refractivity contribution in [3.63, 3.8) is 0 Å². The van der Waals surface area contributed by atoms with Gasteiger partial charge in [-0.2, -0.15) is 5.10 Å². The first-order chi connectivity index (χ1) is 5.20. The zero-order chi connectivity index (χ0) is 8.85. The predicted octanol–water partition coefficient (Wildman–Crippen LogP) is 2.19. The molecule has 0 N–H and O–H groups in total. The van der Waals surface area contributed by atoms with E-state index in [9.17, 15) is 0 Å². The van der Waals surface area contributed by atoms with Gasteiger partial charge in [-0.3, -0.25) is 4.68 Å². The highest BCUT2D eigenvalue weighted by molar-refractivity contribution is 4.75. The first kappa shape index (κ1) is 10.1. The lowest BCUT2D eigenvalue weighted by molar-refractivity contribution is 0.528. The van der Waals surface area contributed by atoms with Crippen LogP contribution in [-0.2, 0) is 0 Å². The van der Waals surface area contributed by atoms with Crippen molar-refractivity contribution in [1.29, 1.82) is 0 Å². The summed E-state index contributed by atoms with van der Waals surface area (Å²) in [5, 5.41) is 4.12.